The van der Waals surface area contributed by atoms with Crippen LogP contribution in [-0.4, -0.2) is 34.5 Å². The lowest BCUT2D eigenvalue weighted by Crippen LogP contribution is -2.36. The highest BCUT2D eigenvalue weighted by molar-refractivity contribution is 7.13. The van der Waals surface area contributed by atoms with Crippen LogP contribution in [0.5, 0.6) is 0 Å². The van der Waals surface area contributed by atoms with Gasteiger partial charge >= 0.3 is 0 Å². The highest BCUT2D eigenvalue weighted by Gasteiger charge is 2.45. The van der Waals surface area contributed by atoms with Crippen LogP contribution in [0.15, 0.2) is 29.6 Å². The van der Waals surface area contributed by atoms with Crippen molar-refractivity contribution >= 4 is 22.4 Å². The van der Waals surface area contributed by atoms with E-state index in [1.54, 1.807) is 18.0 Å². The van der Waals surface area contributed by atoms with Crippen molar-refractivity contribution in [2.24, 2.45) is 0 Å². The van der Waals surface area contributed by atoms with Crippen molar-refractivity contribution in [3.8, 4) is 11.3 Å². The molecule has 6 heteroatoms. The van der Waals surface area contributed by atoms with Gasteiger partial charge in [-0.05, 0) is 11.6 Å². The van der Waals surface area contributed by atoms with Crippen molar-refractivity contribution in [1.29, 1.82) is 0 Å². The molecule has 5 nitrogen and oxygen atoms in total. The second-order valence-electron chi connectivity index (χ2n) is 4.99. The topological polar surface area (TPSA) is 79.4 Å². The van der Waals surface area contributed by atoms with Gasteiger partial charge in [-0.1, -0.05) is 18.2 Å². The van der Waals surface area contributed by atoms with E-state index in [2.05, 4.69) is 4.98 Å². The molecule has 2 aromatic rings. The average Bonchev–Trinajstić information content (AvgIpc) is 3.00. The number of thiazole rings is 1. The number of anilines is 1. The lowest BCUT2D eigenvalue weighted by Gasteiger charge is -2.21. The van der Waals surface area contributed by atoms with Crippen LogP contribution in [0.3, 0.4) is 0 Å². The van der Waals surface area contributed by atoms with Crippen molar-refractivity contribution in [3.63, 3.8) is 0 Å². The minimum absolute atomic E-state index is 0.257. The molecule has 1 amide bonds. The number of likely N-dealkylation sites (N-methyl/N-ethyl adjacent to an activating group) is 1. The third kappa shape index (κ3) is 1.97. The van der Waals surface area contributed by atoms with Crippen LogP contribution in [0.25, 0.3) is 11.3 Å². The first-order valence-electron chi connectivity index (χ1n) is 6.30. The molecule has 1 aliphatic rings. The van der Waals surface area contributed by atoms with Crippen LogP contribution in [-0.2, 0) is 10.4 Å². The average molecular weight is 289 g/mol. The molecular weight excluding hydrogens is 274 g/mol. The molecule has 0 saturated carbocycles. The maximum absolute atomic E-state index is 12.1. The molecule has 20 heavy (non-hydrogen) atoms. The normalized spacial score (nSPS) is 22.5. The maximum atomic E-state index is 12.1. The van der Waals surface area contributed by atoms with Gasteiger partial charge in [-0.2, -0.15) is 0 Å². The summed E-state index contributed by atoms with van der Waals surface area (Å²) in [7, 11) is 1.70. The Morgan fingerprint density at radius 1 is 1.50 bits per heavy atom. The number of carbonyl (C=O) groups excluding carboxylic acids is 1. The molecule has 3 rings (SSSR count). The van der Waals surface area contributed by atoms with Gasteiger partial charge in [-0.3, -0.25) is 4.79 Å². The zero-order valence-corrected chi connectivity index (χ0v) is 11.9. The molecule has 0 radical (unpaired) electrons. The molecule has 1 unspecified atom stereocenters. The van der Waals surface area contributed by atoms with Gasteiger partial charge in [0.05, 0.1) is 5.69 Å². The second-order valence-corrected chi connectivity index (χ2v) is 5.88. The van der Waals surface area contributed by atoms with E-state index in [1.165, 1.54) is 11.3 Å². The number of rotatable bonds is 2. The maximum Gasteiger partial charge on any atom is 0.258 e. The predicted octanol–water partition coefficient (Wildman–Crippen LogP) is 1.44. The van der Waals surface area contributed by atoms with Crippen molar-refractivity contribution < 1.29 is 9.90 Å². The zero-order valence-electron chi connectivity index (χ0n) is 11.0. The number of nitrogens with two attached hydrogens (primary N) is 1. The van der Waals surface area contributed by atoms with Crippen LogP contribution >= 0.6 is 11.3 Å². The SMILES string of the molecule is CN1CCC(O)(c2cccc(-c3csc(N)n3)c2)C1=O. The number of likely N-dealkylation sites (tertiary alicyclic amines) is 1. The van der Waals surface area contributed by atoms with Gasteiger partial charge in [0, 0.05) is 31.0 Å². The Morgan fingerprint density at radius 3 is 2.90 bits per heavy atom. The molecule has 1 aliphatic heterocycles. The predicted molar refractivity (Wildman–Crippen MR) is 78.1 cm³/mol. The summed E-state index contributed by atoms with van der Waals surface area (Å²) in [4.78, 5) is 17.9. The van der Waals surface area contributed by atoms with E-state index >= 15 is 0 Å². The Balaban J connectivity index is 2.02. The summed E-state index contributed by atoms with van der Waals surface area (Å²) in [6.07, 6.45) is 0.408. The van der Waals surface area contributed by atoms with Gasteiger partial charge in [0.25, 0.3) is 5.91 Å². The Bertz CT molecular complexity index is 670. The van der Waals surface area contributed by atoms with E-state index in [4.69, 9.17) is 5.73 Å². The quantitative estimate of drug-likeness (QED) is 0.877. The summed E-state index contributed by atoms with van der Waals surface area (Å²) < 4.78 is 0. The molecule has 0 bridgehead atoms. The van der Waals surface area contributed by atoms with E-state index in [-0.39, 0.29) is 5.91 Å². The minimum Gasteiger partial charge on any atom is -0.375 e. The number of aromatic nitrogens is 1. The Kier molecular flexibility index (Phi) is 2.99. The molecule has 1 aromatic carbocycles. The van der Waals surface area contributed by atoms with Gasteiger partial charge < -0.3 is 15.7 Å². The lowest BCUT2D eigenvalue weighted by molar-refractivity contribution is -0.143. The van der Waals surface area contributed by atoms with Gasteiger partial charge in [0.1, 0.15) is 0 Å². The molecule has 0 spiro atoms. The van der Waals surface area contributed by atoms with Crippen molar-refractivity contribution in [3.05, 3.63) is 35.2 Å². The first kappa shape index (κ1) is 13.1. The first-order valence-corrected chi connectivity index (χ1v) is 7.18. The molecule has 1 fully saturated rings. The van der Waals surface area contributed by atoms with Gasteiger partial charge in [-0.25, -0.2) is 4.98 Å². The first-order chi connectivity index (χ1) is 9.50. The molecule has 0 aliphatic carbocycles. The number of aliphatic hydroxyl groups is 1. The van der Waals surface area contributed by atoms with E-state index in [0.717, 1.165) is 11.3 Å². The van der Waals surface area contributed by atoms with Crippen LogP contribution < -0.4 is 5.73 Å². The summed E-state index contributed by atoms with van der Waals surface area (Å²) in [5.41, 5.74) is 6.44. The smallest absolute Gasteiger partial charge is 0.258 e. The third-order valence-corrected chi connectivity index (χ3v) is 4.34. The van der Waals surface area contributed by atoms with E-state index < -0.39 is 5.60 Å². The van der Waals surface area contributed by atoms with Crippen LogP contribution in [0.4, 0.5) is 5.13 Å². The summed E-state index contributed by atoms with van der Waals surface area (Å²) >= 11 is 1.37. The van der Waals surface area contributed by atoms with Crippen molar-refractivity contribution in [2.75, 3.05) is 19.3 Å². The highest BCUT2D eigenvalue weighted by atomic mass is 32.1. The fraction of sp³-hybridized carbons (Fsp3) is 0.286. The molecule has 1 aromatic heterocycles. The number of hydrogen-bond acceptors (Lipinski definition) is 5. The fourth-order valence-corrected chi connectivity index (χ4v) is 3.05. The minimum atomic E-state index is -1.42. The number of benzene rings is 1. The highest BCUT2D eigenvalue weighted by Crippen LogP contribution is 2.34. The van der Waals surface area contributed by atoms with Crippen LogP contribution in [0.1, 0.15) is 12.0 Å². The summed E-state index contributed by atoms with van der Waals surface area (Å²) in [6, 6.07) is 7.30. The lowest BCUT2D eigenvalue weighted by atomic mass is 9.91. The monoisotopic (exact) mass is 289 g/mol. The summed E-state index contributed by atoms with van der Waals surface area (Å²) in [5, 5.41) is 13.0. The number of carbonyl (C=O) groups is 1. The second kappa shape index (κ2) is 4.57. The van der Waals surface area contributed by atoms with Crippen LogP contribution in [0, 0.1) is 0 Å². The largest absolute Gasteiger partial charge is 0.375 e. The summed E-state index contributed by atoms with van der Waals surface area (Å²) in [5.74, 6) is -0.257. The molecule has 1 atom stereocenters. The summed E-state index contributed by atoms with van der Waals surface area (Å²) in [6.45, 7) is 0.559. The zero-order chi connectivity index (χ0) is 14.3. The molecular formula is C14H15N3O2S. The van der Waals surface area contributed by atoms with Crippen LogP contribution in [0.2, 0.25) is 0 Å². The van der Waals surface area contributed by atoms with Gasteiger partial charge in [0.2, 0.25) is 0 Å². The number of amides is 1. The van der Waals surface area contributed by atoms with Crippen molar-refractivity contribution in [2.45, 2.75) is 12.0 Å². The number of nitrogen functional groups attached to an aromatic ring is 1. The fourth-order valence-electron chi connectivity index (χ4n) is 2.48. The van der Waals surface area contributed by atoms with Crippen molar-refractivity contribution in [1.82, 2.24) is 9.88 Å². The van der Waals surface area contributed by atoms with Gasteiger partial charge in [-0.15, -0.1) is 11.3 Å². The Morgan fingerprint density at radius 2 is 2.30 bits per heavy atom. The van der Waals surface area contributed by atoms with Gasteiger partial charge in [0.15, 0.2) is 10.7 Å². The number of hydrogen-bond donors (Lipinski definition) is 2. The molecule has 2 heterocycles. The molecule has 104 valence electrons. The standard InChI is InChI=1S/C14H15N3O2S/c1-17-6-5-14(19,12(17)18)10-4-2-3-9(7-10)11-8-20-13(15)16-11/h2-4,7-8,19H,5-6H2,1H3,(H2,15,16). The number of nitrogens with zero attached hydrogens (tertiary/aromatic N) is 2. The van der Waals surface area contributed by atoms with E-state index in [0.29, 0.717) is 23.7 Å². The molecule has 1 saturated heterocycles. The Hall–Kier alpha value is -1.92. The molecule has 3 N–H and O–H groups in total. The van der Waals surface area contributed by atoms with E-state index in [1.807, 2.05) is 23.6 Å². The third-order valence-electron chi connectivity index (χ3n) is 3.67. The van der Waals surface area contributed by atoms with E-state index in [9.17, 15) is 9.90 Å². The Labute approximate surface area is 120 Å².